The summed E-state index contributed by atoms with van der Waals surface area (Å²) in [7, 11) is 2.98. The summed E-state index contributed by atoms with van der Waals surface area (Å²) in [6.45, 7) is 11.4. The standard InChI is InChI=1S/C29H36Cl2N6O4/c1-6-23(38)36-11-9-19(10-12-36)35(8-3)13-14-37-27-18(17-33-29(34-27)32-7-2)15-20(28(37)39)24-25(30)21(40-4)16-22(41-5)26(24)31/h6,15-17,19H,1,7-14H2,2-5H3,(H,32,33,34). The molecule has 220 valence electrons. The van der Waals surface area contributed by atoms with Crippen LogP contribution in [0.1, 0.15) is 26.7 Å². The summed E-state index contributed by atoms with van der Waals surface area (Å²) in [5, 5.41) is 4.21. The van der Waals surface area contributed by atoms with E-state index >= 15 is 0 Å². The number of likely N-dealkylation sites (N-methyl/N-ethyl adjacent to an activating group) is 1. The van der Waals surface area contributed by atoms with Gasteiger partial charge in [-0.3, -0.25) is 19.1 Å². The molecule has 1 aliphatic rings. The molecule has 1 saturated heterocycles. The van der Waals surface area contributed by atoms with Crippen LogP contribution in [0.2, 0.25) is 10.0 Å². The highest BCUT2D eigenvalue weighted by atomic mass is 35.5. The van der Waals surface area contributed by atoms with Gasteiger partial charge in [-0.2, -0.15) is 4.98 Å². The third-order valence-electron chi connectivity index (χ3n) is 7.49. The SMILES string of the molecule is C=CC(=O)N1CCC(N(CC)CCn2c(=O)c(-c3c(Cl)c(OC)cc(OC)c3Cl)cc3cnc(NCC)nc32)CC1. The molecule has 1 amide bonds. The Morgan fingerprint density at radius 2 is 1.83 bits per heavy atom. The molecule has 0 aliphatic carbocycles. The Morgan fingerprint density at radius 1 is 1.17 bits per heavy atom. The zero-order valence-corrected chi connectivity index (χ0v) is 25.4. The van der Waals surface area contributed by atoms with E-state index in [1.165, 1.54) is 20.3 Å². The van der Waals surface area contributed by atoms with Gasteiger partial charge in [-0.1, -0.05) is 36.7 Å². The Balaban J connectivity index is 1.77. The monoisotopic (exact) mass is 602 g/mol. The van der Waals surface area contributed by atoms with Crippen LogP contribution in [0, 0.1) is 0 Å². The number of likely N-dealkylation sites (tertiary alicyclic amines) is 1. The number of rotatable bonds is 11. The predicted octanol–water partition coefficient (Wildman–Crippen LogP) is 4.71. The number of ether oxygens (including phenoxy) is 2. The number of carbonyl (C=O) groups is 1. The van der Waals surface area contributed by atoms with Crippen LogP contribution in [0.4, 0.5) is 5.95 Å². The summed E-state index contributed by atoms with van der Waals surface area (Å²) in [6, 6.07) is 3.59. The molecule has 0 unspecified atom stereocenters. The number of anilines is 1. The number of nitrogens with one attached hydrogen (secondary N) is 1. The number of methoxy groups -OCH3 is 2. The Morgan fingerprint density at radius 3 is 2.39 bits per heavy atom. The number of hydrogen-bond acceptors (Lipinski definition) is 8. The highest BCUT2D eigenvalue weighted by molar-refractivity contribution is 6.41. The molecular formula is C29H36Cl2N6O4. The first kappa shape index (κ1) is 30.6. The predicted molar refractivity (Wildman–Crippen MR) is 164 cm³/mol. The van der Waals surface area contributed by atoms with Crippen LogP contribution in [0.15, 0.2) is 35.8 Å². The number of benzene rings is 1. The smallest absolute Gasteiger partial charge is 0.260 e. The van der Waals surface area contributed by atoms with Gasteiger partial charge >= 0.3 is 0 Å². The van der Waals surface area contributed by atoms with E-state index < -0.39 is 0 Å². The lowest BCUT2D eigenvalue weighted by Gasteiger charge is -2.38. The van der Waals surface area contributed by atoms with Gasteiger partial charge < -0.3 is 19.7 Å². The zero-order chi connectivity index (χ0) is 29.7. The van der Waals surface area contributed by atoms with Crippen LogP contribution < -0.4 is 20.3 Å². The Bertz CT molecular complexity index is 1460. The average molecular weight is 604 g/mol. The zero-order valence-electron chi connectivity index (χ0n) is 23.9. The van der Waals surface area contributed by atoms with Crippen molar-refractivity contribution in [3.63, 3.8) is 0 Å². The van der Waals surface area contributed by atoms with Gasteiger partial charge in [0.1, 0.15) is 17.1 Å². The van der Waals surface area contributed by atoms with Crippen molar-refractivity contribution in [2.24, 2.45) is 0 Å². The number of carbonyl (C=O) groups excluding carboxylic acids is 1. The van der Waals surface area contributed by atoms with Gasteiger partial charge in [-0.05, 0) is 38.5 Å². The lowest BCUT2D eigenvalue weighted by Crippen LogP contribution is -2.47. The molecule has 12 heteroatoms. The van der Waals surface area contributed by atoms with Gasteiger partial charge in [0.25, 0.3) is 5.56 Å². The fourth-order valence-electron chi connectivity index (χ4n) is 5.32. The van der Waals surface area contributed by atoms with E-state index in [0.717, 1.165) is 19.4 Å². The van der Waals surface area contributed by atoms with E-state index in [4.69, 9.17) is 32.7 Å². The third kappa shape index (κ3) is 6.29. The molecule has 3 heterocycles. The Kier molecular flexibility index (Phi) is 10.1. The van der Waals surface area contributed by atoms with Crippen molar-refractivity contribution >= 4 is 46.1 Å². The largest absolute Gasteiger partial charge is 0.495 e. The summed E-state index contributed by atoms with van der Waals surface area (Å²) >= 11 is 13.4. The molecule has 0 bridgehead atoms. The first-order valence-corrected chi connectivity index (χ1v) is 14.4. The van der Waals surface area contributed by atoms with Gasteiger partial charge in [0.2, 0.25) is 11.9 Å². The molecular weight excluding hydrogens is 567 g/mol. The lowest BCUT2D eigenvalue weighted by molar-refractivity contribution is -0.127. The molecule has 3 aromatic rings. The second-order valence-electron chi connectivity index (χ2n) is 9.69. The van der Waals surface area contributed by atoms with Gasteiger partial charge in [-0.25, -0.2) is 4.98 Å². The van der Waals surface area contributed by atoms with Crippen molar-refractivity contribution < 1.29 is 14.3 Å². The number of piperidine rings is 1. The number of nitrogens with zero attached hydrogens (tertiary/aromatic N) is 5. The minimum atomic E-state index is -0.291. The molecule has 10 nitrogen and oxygen atoms in total. The number of hydrogen-bond donors (Lipinski definition) is 1. The molecule has 0 radical (unpaired) electrons. The number of aromatic nitrogens is 3. The summed E-state index contributed by atoms with van der Waals surface area (Å²) < 4.78 is 12.5. The Hall–Kier alpha value is -3.34. The van der Waals surface area contributed by atoms with E-state index in [1.54, 1.807) is 22.9 Å². The maximum Gasteiger partial charge on any atom is 0.260 e. The molecule has 2 aromatic heterocycles. The number of amides is 1. The maximum atomic E-state index is 14.2. The summed E-state index contributed by atoms with van der Waals surface area (Å²) in [6.07, 6.45) is 4.75. The van der Waals surface area contributed by atoms with Gasteiger partial charge in [0.05, 0.1) is 29.8 Å². The molecule has 0 spiro atoms. The van der Waals surface area contributed by atoms with Crippen LogP contribution in [0.3, 0.4) is 0 Å². The molecule has 1 aliphatic heterocycles. The van der Waals surface area contributed by atoms with Crippen molar-refractivity contribution in [1.82, 2.24) is 24.3 Å². The topological polar surface area (TPSA) is 102 Å². The minimum absolute atomic E-state index is 0.0380. The summed E-state index contributed by atoms with van der Waals surface area (Å²) in [4.78, 5) is 39.5. The molecule has 41 heavy (non-hydrogen) atoms. The van der Waals surface area contributed by atoms with Crippen LogP contribution in [0.25, 0.3) is 22.2 Å². The van der Waals surface area contributed by atoms with Crippen LogP contribution >= 0.6 is 23.2 Å². The third-order valence-corrected chi connectivity index (χ3v) is 8.24. The highest BCUT2D eigenvalue weighted by Crippen LogP contribution is 2.45. The summed E-state index contributed by atoms with van der Waals surface area (Å²) in [5.74, 6) is 1.08. The fraction of sp³-hybridized carbons (Fsp3) is 0.448. The minimum Gasteiger partial charge on any atom is -0.495 e. The van der Waals surface area contributed by atoms with Crippen LogP contribution in [-0.2, 0) is 11.3 Å². The second-order valence-corrected chi connectivity index (χ2v) is 10.4. The normalized spacial score (nSPS) is 14.0. The van der Waals surface area contributed by atoms with E-state index in [0.29, 0.717) is 72.3 Å². The van der Waals surface area contributed by atoms with Crippen LogP contribution in [0.5, 0.6) is 11.5 Å². The van der Waals surface area contributed by atoms with E-state index in [2.05, 4.69) is 33.7 Å². The van der Waals surface area contributed by atoms with E-state index in [9.17, 15) is 9.59 Å². The first-order valence-electron chi connectivity index (χ1n) is 13.7. The Labute approximate surface area is 249 Å². The van der Waals surface area contributed by atoms with E-state index in [-0.39, 0.29) is 27.6 Å². The van der Waals surface area contributed by atoms with Crippen molar-refractivity contribution in [1.29, 1.82) is 0 Å². The molecule has 1 N–H and O–H groups in total. The average Bonchev–Trinajstić information content (AvgIpc) is 2.99. The van der Waals surface area contributed by atoms with Gasteiger partial charge in [-0.15, -0.1) is 0 Å². The van der Waals surface area contributed by atoms with Crippen molar-refractivity contribution in [2.45, 2.75) is 39.3 Å². The van der Waals surface area contributed by atoms with Crippen molar-refractivity contribution in [3.05, 3.63) is 51.4 Å². The quantitative estimate of drug-likeness (QED) is 0.315. The first-order chi connectivity index (χ1) is 19.8. The number of pyridine rings is 1. The van der Waals surface area contributed by atoms with Crippen LogP contribution in [-0.4, -0.2) is 83.2 Å². The number of halogens is 2. The number of fused-ring (bicyclic) bond motifs is 1. The molecule has 0 saturated carbocycles. The van der Waals surface area contributed by atoms with Gasteiger partial charge in [0, 0.05) is 62.0 Å². The molecule has 1 fully saturated rings. The highest BCUT2D eigenvalue weighted by Gasteiger charge is 2.27. The summed E-state index contributed by atoms with van der Waals surface area (Å²) in [5.41, 5.74) is 0.839. The fourth-order valence-corrected chi connectivity index (χ4v) is 6.02. The molecule has 4 rings (SSSR count). The molecule has 0 atom stereocenters. The van der Waals surface area contributed by atoms with Crippen molar-refractivity contribution in [2.75, 3.05) is 52.3 Å². The lowest BCUT2D eigenvalue weighted by atomic mass is 10.0. The van der Waals surface area contributed by atoms with Crippen molar-refractivity contribution in [3.8, 4) is 22.6 Å². The maximum absolute atomic E-state index is 14.2. The molecule has 1 aromatic carbocycles. The van der Waals surface area contributed by atoms with Gasteiger partial charge in [0.15, 0.2) is 0 Å². The second kappa shape index (κ2) is 13.5. The van der Waals surface area contributed by atoms with E-state index in [1.807, 2.05) is 11.8 Å².